The van der Waals surface area contributed by atoms with E-state index in [0.29, 0.717) is 34.5 Å². The maximum absolute atomic E-state index is 11.8. The Bertz CT molecular complexity index is 2460. The minimum absolute atomic E-state index is 0.274. The zero-order chi connectivity index (χ0) is 42.2. The summed E-state index contributed by atoms with van der Waals surface area (Å²) in [7, 11) is -14.7. The normalized spacial score (nSPS) is 28.9. The molecule has 0 spiro atoms. The summed E-state index contributed by atoms with van der Waals surface area (Å²) >= 11 is 0. The van der Waals surface area contributed by atoms with Gasteiger partial charge in [-0.05, 0) is 0 Å². The molecule has 4 aromatic heterocycles. The Morgan fingerprint density at radius 1 is 0.707 bits per heavy atom. The van der Waals surface area contributed by atoms with Crippen LogP contribution < -0.4 is 38.7 Å². The number of phosphoric ester groups is 1. The molecule has 10 unspecified atom stereocenters. The van der Waals surface area contributed by atoms with Crippen LogP contribution in [0.15, 0.2) is 35.5 Å². The summed E-state index contributed by atoms with van der Waals surface area (Å²) in [5.74, 6) is 2.29. The van der Waals surface area contributed by atoms with E-state index in [0.717, 1.165) is 5.52 Å². The zero-order valence-electron chi connectivity index (χ0n) is 30.2. The van der Waals surface area contributed by atoms with Crippen molar-refractivity contribution in [2.75, 3.05) is 37.3 Å². The average Bonchev–Trinajstić information content (AvgIpc) is 3.86. The molecule has 0 aromatic carbocycles. The molecular weight excluding hydrogens is 845 g/mol. The highest BCUT2D eigenvalue weighted by atomic mass is 31.3. The number of phosphoric acid groups is 3. The Labute approximate surface area is 324 Å². The van der Waals surface area contributed by atoms with Crippen LogP contribution in [0.4, 0.5) is 11.6 Å². The van der Waals surface area contributed by atoms with Crippen LogP contribution >= 0.6 is 23.5 Å². The topological polar surface area (TPSA) is 391 Å². The number of aliphatic hydroxyl groups excluding tert-OH is 5. The van der Waals surface area contributed by atoms with Crippen molar-refractivity contribution in [3.05, 3.63) is 25.3 Å². The molecule has 2 saturated heterocycles. The summed E-state index contributed by atoms with van der Waals surface area (Å²) in [4.78, 5) is 60.6. The Morgan fingerprint density at radius 3 is 1.59 bits per heavy atom. The molecule has 10 atom stereocenters. The van der Waals surface area contributed by atoms with Crippen LogP contribution in [0.2, 0.25) is 0 Å². The standard InChI is InChI=1S/C13H19N6O13P3.C13H17N6O4/c1-6-16-17(2)11-8-12(15-4-14-11)19(5-18(6)8)13-10(21)9(20)7(30-13)3-29-34(25,26)32-35(27,28)31-33(22,23)24;1-6-16-17(2)11-8-12(15-4-14-11)19(5-18(6)8)13-10(22)9(21)7(3-20)23-13/h4-5,7,9-10,13,20-21H,3H2,1-2H3,(H3-,22,23,24,25,26,27,28);4-5,7,9-10,13,20-22H,3H2,1-2H3/q;+1/p-3. The highest BCUT2D eigenvalue weighted by molar-refractivity contribution is 7.64. The third-order valence-corrected chi connectivity index (χ3v) is 12.8. The lowest BCUT2D eigenvalue weighted by Crippen LogP contribution is -2.46. The number of aliphatic hydroxyl groups is 5. The lowest BCUT2D eigenvalue weighted by Gasteiger charge is -2.37. The second-order valence-corrected chi connectivity index (χ2v) is 17.2. The van der Waals surface area contributed by atoms with Gasteiger partial charge in [0.2, 0.25) is 23.5 Å². The van der Waals surface area contributed by atoms with E-state index in [1.54, 1.807) is 46.1 Å². The fourth-order valence-electron chi connectivity index (χ4n) is 6.62. The Morgan fingerprint density at radius 2 is 1.16 bits per heavy atom. The number of hydrogen-bond donors (Lipinski definition) is 5. The van der Waals surface area contributed by atoms with E-state index in [4.69, 9.17) is 9.47 Å². The van der Waals surface area contributed by atoms with Crippen LogP contribution in [0.25, 0.3) is 22.3 Å². The Hall–Kier alpha value is -3.83. The molecule has 8 heterocycles. The maximum Gasteiger partial charge on any atom is 0.310 e. The van der Waals surface area contributed by atoms with E-state index < -0.39 is 79.2 Å². The van der Waals surface area contributed by atoms with Crippen LogP contribution in [0.5, 0.6) is 0 Å². The molecule has 2 fully saturated rings. The molecule has 0 radical (unpaired) electrons. The van der Waals surface area contributed by atoms with Gasteiger partial charge in [-0.1, -0.05) is 9.97 Å². The molecule has 0 bridgehead atoms. The van der Waals surface area contributed by atoms with E-state index in [2.05, 4.69) is 43.3 Å². The van der Waals surface area contributed by atoms with Crippen molar-refractivity contribution in [3.8, 4) is 0 Å². The fraction of sp³-hybridized carbons (Fsp3) is 0.538. The summed E-state index contributed by atoms with van der Waals surface area (Å²) in [5.41, 5.74) is 2.06. The number of rotatable bonds is 10. The van der Waals surface area contributed by atoms with Gasteiger partial charge in [0.25, 0.3) is 15.6 Å². The van der Waals surface area contributed by atoms with Gasteiger partial charge in [-0.25, -0.2) is 32.6 Å². The fourth-order valence-corrected chi connectivity index (χ4v) is 9.49. The zero-order valence-corrected chi connectivity index (χ0v) is 32.9. The Balaban J connectivity index is 0.000000192. The number of anilines is 2. The SMILES string of the molecule is CC1=NN(C)c2ncnc3c2n1c[n+]3C1OC(CO)C(O)C1O.CC1=NN(C)c2ncnc3c2n1c[n+]3C1OC(COP(=O)([O-])OP(=O)([O-])OP(=O)([O-])[O-])C(O)C1O. The largest absolute Gasteiger partial charge is 0.790 e. The number of hydrogen-bond acceptors (Lipinski definition) is 25. The van der Waals surface area contributed by atoms with Gasteiger partial charge in [0.15, 0.2) is 48.6 Å². The van der Waals surface area contributed by atoms with Gasteiger partial charge < -0.3 is 63.7 Å². The first-order valence-corrected chi connectivity index (χ1v) is 21.0. The second kappa shape index (κ2) is 15.3. The number of aromatic nitrogens is 8. The molecule has 0 aliphatic carbocycles. The third kappa shape index (κ3) is 7.82. The first kappa shape index (κ1) is 42.3. The quantitative estimate of drug-likeness (QED) is 0.0730. The smallest absolute Gasteiger partial charge is 0.310 e. The summed E-state index contributed by atoms with van der Waals surface area (Å²) in [6.45, 7) is 2.09. The first-order chi connectivity index (χ1) is 27.1. The first-order valence-electron chi connectivity index (χ1n) is 16.6. The minimum atomic E-state index is -6.15. The van der Waals surface area contributed by atoms with E-state index in [1.807, 2.05) is 6.92 Å². The molecule has 32 heteroatoms. The number of imidazole rings is 2. The predicted molar refractivity (Wildman–Crippen MR) is 179 cm³/mol. The van der Waals surface area contributed by atoms with Gasteiger partial charge in [-0.15, -0.1) is 10.2 Å². The van der Waals surface area contributed by atoms with E-state index in [-0.39, 0.29) is 12.3 Å². The molecule has 29 nitrogen and oxygen atoms in total. The predicted octanol–water partition coefficient (Wildman–Crippen LogP) is -6.25. The molecule has 4 aromatic rings. The van der Waals surface area contributed by atoms with Crippen molar-refractivity contribution in [1.29, 1.82) is 0 Å². The highest BCUT2D eigenvalue weighted by Gasteiger charge is 2.49. The molecule has 4 aliphatic rings. The summed E-state index contributed by atoms with van der Waals surface area (Å²) in [5, 5.41) is 62.2. The van der Waals surface area contributed by atoms with Crippen LogP contribution in [-0.4, -0.2) is 130 Å². The van der Waals surface area contributed by atoms with Crippen LogP contribution in [0, 0.1) is 0 Å². The molecule has 316 valence electrons. The van der Waals surface area contributed by atoms with Gasteiger partial charge in [0, 0.05) is 27.9 Å². The van der Waals surface area contributed by atoms with Crippen molar-refractivity contribution in [1.82, 2.24) is 29.1 Å². The number of ether oxygens (including phenoxy) is 2. The van der Waals surface area contributed by atoms with Gasteiger partial charge in [-0.2, -0.15) is 9.97 Å². The summed E-state index contributed by atoms with van der Waals surface area (Å²) < 4.78 is 61.8. The molecule has 4 aliphatic heterocycles. The molecule has 5 N–H and O–H groups in total. The summed E-state index contributed by atoms with van der Waals surface area (Å²) in [6, 6.07) is 0. The van der Waals surface area contributed by atoms with Crippen molar-refractivity contribution in [2.24, 2.45) is 10.2 Å². The van der Waals surface area contributed by atoms with Crippen LogP contribution in [-0.2, 0) is 36.3 Å². The average molecular weight is 879 g/mol. The van der Waals surface area contributed by atoms with Crippen molar-refractivity contribution < 1.29 is 90.6 Å². The second-order valence-electron chi connectivity index (χ2n) is 12.9. The van der Waals surface area contributed by atoms with Crippen molar-refractivity contribution in [3.63, 3.8) is 0 Å². The van der Waals surface area contributed by atoms with Gasteiger partial charge in [-0.3, -0.25) is 13.4 Å². The molecule has 0 amide bonds. The number of nitrogens with zero attached hydrogens (tertiary/aromatic N) is 12. The van der Waals surface area contributed by atoms with Gasteiger partial charge in [0.1, 0.15) is 36.6 Å². The van der Waals surface area contributed by atoms with Crippen molar-refractivity contribution in [2.45, 2.75) is 62.9 Å². The molecule has 0 saturated carbocycles. The van der Waals surface area contributed by atoms with E-state index in [9.17, 15) is 58.8 Å². The van der Waals surface area contributed by atoms with E-state index >= 15 is 0 Å². The lowest BCUT2D eigenvalue weighted by molar-refractivity contribution is -0.745. The summed E-state index contributed by atoms with van der Waals surface area (Å²) in [6.07, 6.45) is -4.43. The number of hydrazone groups is 2. The van der Waals surface area contributed by atoms with Crippen LogP contribution in [0.3, 0.4) is 0 Å². The molecular formula is C26H33N12O17P3-2. The van der Waals surface area contributed by atoms with E-state index in [1.165, 1.54) is 28.6 Å². The maximum atomic E-state index is 11.8. The van der Waals surface area contributed by atoms with Gasteiger partial charge >= 0.3 is 11.3 Å². The molecule has 58 heavy (non-hydrogen) atoms. The van der Waals surface area contributed by atoms with Crippen molar-refractivity contribution >= 4 is 69.1 Å². The Kier molecular flexibility index (Phi) is 11.2. The van der Waals surface area contributed by atoms with Gasteiger partial charge in [0.05, 0.1) is 21.0 Å². The highest BCUT2D eigenvalue weighted by Crippen LogP contribution is 2.60. The molecule has 8 rings (SSSR count). The lowest BCUT2D eigenvalue weighted by atomic mass is 10.1. The van der Waals surface area contributed by atoms with Crippen LogP contribution in [0.1, 0.15) is 26.3 Å². The monoisotopic (exact) mass is 878 g/mol. The third-order valence-electron chi connectivity index (χ3n) is 9.12. The minimum Gasteiger partial charge on any atom is -0.790 e.